The fourth-order valence-electron chi connectivity index (χ4n) is 2.52. The summed E-state index contributed by atoms with van der Waals surface area (Å²) in [7, 11) is 2.69. The van der Waals surface area contributed by atoms with Crippen molar-refractivity contribution in [3.63, 3.8) is 0 Å². The van der Waals surface area contributed by atoms with Gasteiger partial charge < -0.3 is 19.7 Å². The summed E-state index contributed by atoms with van der Waals surface area (Å²) in [6, 6.07) is 5.96. The van der Waals surface area contributed by atoms with Crippen LogP contribution in [0.1, 0.15) is 20.7 Å². The van der Waals surface area contributed by atoms with E-state index in [-0.39, 0.29) is 44.7 Å². The number of carboxylic acids is 2. The van der Waals surface area contributed by atoms with Gasteiger partial charge in [0.2, 0.25) is 0 Å². The average molecular weight is 328 g/mol. The molecule has 0 amide bonds. The Balaban J connectivity index is 2.51. The van der Waals surface area contributed by atoms with Gasteiger partial charge in [-0.05, 0) is 12.1 Å². The van der Waals surface area contributed by atoms with Crippen molar-refractivity contribution in [2.45, 2.75) is 0 Å². The number of methoxy groups -OCH3 is 2. The maximum Gasteiger partial charge on any atom is 0.341 e. The zero-order chi connectivity index (χ0) is 17.4. The maximum absolute atomic E-state index is 11.7. The molecular weight excluding hydrogens is 316 g/mol. The van der Waals surface area contributed by atoms with E-state index in [9.17, 15) is 19.8 Å². The van der Waals surface area contributed by atoms with Crippen LogP contribution in [0.15, 0.2) is 24.3 Å². The summed E-state index contributed by atoms with van der Waals surface area (Å²) in [5, 5.41) is 18.8. The monoisotopic (exact) mass is 328 g/mol. The lowest BCUT2D eigenvalue weighted by Gasteiger charge is -2.13. The molecule has 0 bridgehead atoms. The molecule has 0 saturated heterocycles. The summed E-state index contributed by atoms with van der Waals surface area (Å²) in [6.45, 7) is 0. The summed E-state index contributed by atoms with van der Waals surface area (Å²) in [4.78, 5) is 31.6. The number of fused-ring (bicyclic) bond motifs is 2. The van der Waals surface area contributed by atoms with Gasteiger partial charge in [-0.25, -0.2) is 19.6 Å². The van der Waals surface area contributed by atoms with Crippen LogP contribution in [0.4, 0.5) is 0 Å². The number of carboxylic acid groups (broad SMARTS) is 2. The predicted molar refractivity (Wildman–Crippen MR) is 84.1 cm³/mol. The van der Waals surface area contributed by atoms with Gasteiger partial charge >= 0.3 is 11.9 Å². The van der Waals surface area contributed by atoms with Crippen LogP contribution in [-0.4, -0.2) is 46.3 Å². The molecule has 2 aromatic carbocycles. The largest absolute Gasteiger partial charge is 0.493 e. The van der Waals surface area contributed by atoms with Crippen molar-refractivity contribution in [3.05, 3.63) is 35.4 Å². The van der Waals surface area contributed by atoms with Crippen LogP contribution >= 0.6 is 0 Å². The van der Waals surface area contributed by atoms with Gasteiger partial charge in [0, 0.05) is 6.07 Å². The number of rotatable bonds is 4. The summed E-state index contributed by atoms with van der Waals surface area (Å²) >= 11 is 0. The molecule has 0 unspecified atom stereocenters. The Labute approximate surface area is 135 Å². The van der Waals surface area contributed by atoms with Crippen molar-refractivity contribution < 1.29 is 29.3 Å². The van der Waals surface area contributed by atoms with Crippen LogP contribution in [0, 0.1) is 0 Å². The van der Waals surface area contributed by atoms with Gasteiger partial charge in [-0.2, -0.15) is 0 Å². The van der Waals surface area contributed by atoms with Crippen molar-refractivity contribution in [2.24, 2.45) is 0 Å². The van der Waals surface area contributed by atoms with Crippen molar-refractivity contribution in [1.29, 1.82) is 0 Å². The molecule has 122 valence electrons. The summed E-state index contributed by atoms with van der Waals surface area (Å²) in [6.07, 6.45) is 0. The molecule has 0 atom stereocenters. The number of aromatic nitrogens is 2. The molecule has 1 aromatic heterocycles. The first-order chi connectivity index (χ1) is 11.5. The molecule has 0 fully saturated rings. The minimum atomic E-state index is -1.25. The van der Waals surface area contributed by atoms with Gasteiger partial charge in [0.05, 0.1) is 30.8 Å². The first kappa shape index (κ1) is 15.5. The Hall–Kier alpha value is -3.42. The first-order valence-electron chi connectivity index (χ1n) is 6.80. The lowest BCUT2D eigenvalue weighted by atomic mass is 10.1. The first-order valence-corrected chi connectivity index (χ1v) is 6.80. The lowest BCUT2D eigenvalue weighted by molar-refractivity contribution is 0.0685. The van der Waals surface area contributed by atoms with E-state index in [1.54, 1.807) is 6.07 Å². The highest BCUT2D eigenvalue weighted by Gasteiger charge is 2.23. The van der Waals surface area contributed by atoms with E-state index in [2.05, 4.69) is 9.97 Å². The molecule has 1 heterocycles. The van der Waals surface area contributed by atoms with Crippen LogP contribution in [0.3, 0.4) is 0 Å². The van der Waals surface area contributed by atoms with E-state index in [1.807, 2.05) is 0 Å². The molecule has 2 N–H and O–H groups in total. The van der Waals surface area contributed by atoms with Crippen molar-refractivity contribution in [1.82, 2.24) is 9.97 Å². The number of benzene rings is 2. The molecule has 0 aliphatic heterocycles. The highest BCUT2D eigenvalue weighted by molar-refractivity contribution is 6.08. The number of nitrogens with zero attached hydrogens (tertiary/aromatic N) is 2. The number of hydrogen-bond acceptors (Lipinski definition) is 6. The van der Waals surface area contributed by atoms with Gasteiger partial charge in [-0.3, -0.25) is 0 Å². The van der Waals surface area contributed by atoms with Gasteiger partial charge in [0.25, 0.3) is 0 Å². The summed E-state index contributed by atoms with van der Waals surface area (Å²) in [5.41, 5.74) is 0.523. The Morgan fingerprint density at radius 3 is 2.25 bits per heavy atom. The van der Waals surface area contributed by atoms with E-state index in [0.29, 0.717) is 0 Å². The number of carbonyl (C=O) groups is 2. The molecule has 0 saturated carbocycles. The predicted octanol–water partition coefficient (Wildman–Crippen LogP) is 2.20. The lowest BCUT2D eigenvalue weighted by Crippen LogP contribution is -2.07. The normalized spacial score (nSPS) is 10.8. The van der Waals surface area contributed by atoms with Crippen LogP contribution in [0.25, 0.3) is 22.1 Å². The molecule has 0 aliphatic rings. The summed E-state index contributed by atoms with van der Waals surface area (Å²) < 4.78 is 10.3. The molecule has 0 aliphatic carbocycles. The molecular formula is C16H12N2O6. The van der Waals surface area contributed by atoms with E-state index in [1.165, 1.54) is 32.4 Å². The van der Waals surface area contributed by atoms with Crippen molar-refractivity contribution in [2.75, 3.05) is 14.2 Å². The molecule has 8 heteroatoms. The molecule has 0 spiro atoms. The third-order valence-corrected chi connectivity index (χ3v) is 3.55. The van der Waals surface area contributed by atoms with E-state index in [4.69, 9.17) is 9.47 Å². The van der Waals surface area contributed by atoms with E-state index in [0.717, 1.165) is 0 Å². The quantitative estimate of drug-likeness (QED) is 0.700. The second kappa shape index (κ2) is 5.65. The molecule has 3 aromatic rings. The molecule has 24 heavy (non-hydrogen) atoms. The Bertz CT molecular complexity index is 999. The van der Waals surface area contributed by atoms with Gasteiger partial charge in [0.1, 0.15) is 16.6 Å². The zero-order valence-corrected chi connectivity index (χ0v) is 12.7. The fraction of sp³-hybridized carbons (Fsp3) is 0.125. The number of para-hydroxylation sites is 1. The van der Waals surface area contributed by atoms with E-state index < -0.39 is 11.9 Å². The Morgan fingerprint density at radius 1 is 0.958 bits per heavy atom. The molecule has 8 nitrogen and oxygen atoms in total. The van der Waals surface area contributed by atoms with Gasteiger partial charge in [-0.15, -0.1) is 0 Å². The minimum absolute atomic E-state index is 0.0199. The Morgan fingerprint density at radius 2 is 1.67 bits per heavy atom. The van der Waals surface area contributed by atoms with E-state index >= 15 is 0 Å². The standard InChI is InChI=1S/C16H12N2O6/c1-23-10-6-9-13(11(16(21)22)14(10)24-2)17-8-5-3-4-7(15(19)20)12(8)18-9/h3-6H,1-2H3,(H,19,20)(H,21,22). The Kier molecular flexibility index (Phi) is 3.64. The molecule has 3 rings (SSSR count). The average Bonchev–Trinajstić information content (AvgIpc) is 2.57. The zero-order valence-electron chi connectivity index (χ0n) is 12.7. The van der Waals surface area contributed by atoms with Crippen molar-refractivity contribution >= 4 is 34.0 Å². The van der Waals surface area contributed by atoms with Crippen LogP contribution in [0.5, 0.6) is 11.5 Å². The van der Waals surface area contributed by atoms with Crippen molar-refractivity contribution in [3.8, 4) is 11.5 Å². The minimum Gasteiger partial charge on any atom is -0.493 e. The maximum atomic E-state index is 11.7. The second-order valence-corrected chi connectivity index (χ2v) is 4.86. The second-order valence-electron chi connectivity index (χ2n) is 4.86. The van der Waals surface area contributed by atoms with Crippen LogP contribution < -0.4 is 9.47 Å². The topological polar surface area (TPSA) is 119 Å². The van der Waals surface area contributed by atoms with Crippen LogP contribution in [0.2, 0.25) is 0 Å². The highest BCUT2D eigenvalue weighted by Crippen LogP contribution is 2.37. The fourth-order valence-corrected chi connectivity index (χ4v) is 2.52. The number of aromatic carboxylic acids is 2. The molecule has 0 radical (unpaired) electrons. The van der Waals surface area contributed by atoms with Gasteiger partial charge in [0.15, 0.2) is 11.5 Å². The highest BCUT2D eigenvalue weighted by atomic mass is 16.5. The van der Waals surface area contributed by atoms with Crippen LogP contribution in [-0.2, 0) is 0 Å². The van der Waals surface area contributed by atoms with Gasteiger partial charge in [-0.1, -0.05) is 6.07 Å². The number of ether oxygens (including phenoxy) is 2. The summed E-state index contributed by atoms with van der Waals surface area (Å²) in [5.74, 6) is -2.20. The third kappa shape index (κ3) is 2.24. The SMILES string of the molecule is COc1cc2nc3c(C(=O)O)cccc3nc2c(C(=O)O)c1OC. The smallest absolute Gasteiger partial charge is 0.341 e. The number of hydrogen-bond donors (Lipinski definition) is 2. The third-order valence-electron chi connectivity index (χ3n) is 3.55.